The molecule has 1 aliphatic heterocycles. The molecule has 0 saturated heterocycles. The first-order valence-corrected chi connectivity index (χ1v) is 7.67. The first-order chi connectivity index (χ1) is 11.3. The van der Waals surface area contributed by atoms with Gasteiger partial charge >= 0.3 is 0 Å². The van der Waals surface area contributed by atoms with Crippen molar-refractivity contribution in [3.8, 4) is 0 Å². The molecule has 6 heteroatoms. The molecule has 1 aromatic carbocycles. The fourth-order valence-electron chi connectivity index (χ4n) is 3.75. The second-order valence-electron chi connectivity index (χ2n) is 6.33. The van der Waals surface area contributed by atoms with Crippen molar-refractivity contribution in [1.82, 2.24) is 10.3 Å². The minimum atomic E-state index is -3.05. The Hall–Kier alpha value is -2.63. The Morgan fingerprint density at radius 3 is 2.75 bits per heavy atom. The number of alkyl halides is 2. The summed E-state index contributed by atoms with van der Waals surface area (Å²) >= 11 is 0. The highest BCUT2D eigenvalue weighted by Crippen LogP contribution is 2.47. The Balaban J connectivity index is 2.03. The molecule has 2 aliphatic rings. The normalized spacial score (nSPS) is 22.3. The molecule has 1 N–H and O–H groups in total. The van der Waals surface area contributed by atoms with E-state index in [-0.39, 0.29) is 11.1 Å². The molecule has 122 valence electrons. The molecule has 4 nitrogen and oxygen atoms in total. The number of rotatable bonds is 1. The number of hydrogen-bond acceptors (Lipinski definition) is 3. The topological polar surface area (TPSA) is 59.1 Å². The van der Waals surface area contributed by atoms with Crippen LogP contribution in [0.15, 0.2) is 36.5 Å². The number of amides is 2. The van der Waals surface area contributed by atoms with Crippen LogP contribution in [0.1, 0.15) is 46.1 Å². The number of nitrogens with zero attached hydrogens (tertiary/aromatic N) is 1. The summed E-state index contributed by atoms with van der Waals surface area (Å²) in [6, 6.07) is 7.41. The Morgan fingerprint density at radius 2 is 2.00 bits per heavy atom. The molecule has 0 bridgehead atoms. The molecule has 24 heavy (non-hydrogen) atoms. The van der Waals surface area contributed by atoms with E-state index >= 15 is 0 Å². The van der Waals surface area contributed by atoms with Gasteiger partial charge in [0, 0.05) is 29.9 Å². The van der Waals surface area contributed by atoms with Gasteiger partial charge in [-0.1, -0.05) is 12.1 Å². The van der Waals surface area contributed by atoms with Crippen molar-refractivity contribution in [1.29, 1.82) is 0 Å². The number of aromatic nitrogens is 1. The van der Waals surface area contributed by atoms with E-state index in [0.29, 0.717) is 24.0 Å². The van der Waals surface area contributed by atoms with Gasteiger partial charge in [-0.3, -0.25) is 19.9 Å². The molecule has 2 amide bonds. The Kier molecular flexibility index (Phi) is 2.92. The van der Waals surface area contributed by atoms with Gasteiger partial charge in [-0.25, -0.2) is 8.78 Å². The molecule has 1 aliphatic carbocycles. The summed E-state index contributed by atoms with van der Waals surface area (Å²) in [6.07, 6.45) is 2.61. The van der Waals surface area contributed by atoms with Crippen LogP contribution in [0.2, 0.25) is 0 Å². The highest BCUT2D eigenvalue weighted by Gasteiger charge is 2.52. The van der Waals surface area contributed by atoms with Gasteiger partial charge in [-0.2, -0.15) is 0 Å². The number of fused-ring (bicyclic) bond motifs is 4. The molecule has 1 atom stereocenters. The van der Waals surface area contributed by atoms with E-state index in [1.807, 2.05) is 0 Å². The molecule has 1 spiro atoms. The maximum atomic E-state index is 13.8. The third-order valence-electron chi connectivity index (χ3n) is 4.93. The molecule has 2 aromatic rings. The van der Waals surface area contributed by atoms with Crippen molar-refractivity contribution < 1.29 is 18.4 Å². The minimum absolute atomic E-state index is 0.208. The lowest BCUT2D eigenvalue weighted by Crippen LogP contribution is -2.51. The zero-order chi connectivity index (χ0) is 17.1. The van der Waals surface area contributed by atoms with E-state index in [2.05, 4.69) is 10.3 Å². The van der Waals surface area contributed by atoms with Gasteiger partial charge in [0.1, 0.15) is 5.41 Å². The van der Waals surface area contributed by atoms with Crippen LogP contribution in [-0.2, 0) is 22.6 Å². The summed E-state index contributed by atoms with van der Waals surface area (Å²) in [5.74, 6) is -4.07. The number of hydrogen-bond donors (Lipinski definition) is 1. The SMILES string of the molecule is CC(F)(F)c1ccc2c(c1)C1(CCc3ncccc31)C(=O)NC2=O. The number of imide groups is 1. The van der Waals surface area contributed by atoms with Crippen LogP contribution in [0, 0.1) is 0 Å². The van der Waals surface area contributed by atoms with Crippen molar-refractivity contribution in [3.63, 3.8) is 0 Å². The zero-order valence-electron chi connectivity index (χ0n) is 12.9. The van der Waals surface area contributed by atoms with Crippen molar-refractivity contribution in [2.24, 2.45) is 0 Å². The van der Waals surface area contributed by atoms with E-state index in [1.54, 1.807) is 18.3 Å². The molecular weight excluding hydrogens is 314 g/mol. The fourth-order valence-corrected chi connectivity index (χ4v) is 3.75. The molecule has 4 rings (SSSR count). The van der Waals surface area contributed by atoms with Crippen molar-refractivity contribution in [3.05, 3.63) is 64.5 Å². The lowest BCUT2D eigenvalue weighted by Gasteiger charge is -2.35. The van der Waals surface area contributed by atoms with Crippen molar-refractivity contribution >= 4 is 11.8 Å². The predicted molar refractivity (Wildman–Crippen MR) is 81.8 cm³/mol. The van der Waals surface area contributed by atoms with E-state index in [1.165, 1.54) is 18.2 Å². The van der Waals surface area contributed by atoms with Crippen LogP contribution in [0.25, 0.3) is 0 Å². The average Bonchev–Trinajstić information content (AvgIpc) is 2.92. The quantitative estimate of drug-likeness (QED) is 0.819. The number of carbonyl (C=O) groups is 2. The molecular formula is C18H14F2N2O2. The lowest BCUT2D eigenvalue weighted by molar-refractivity contribution is -0.124. The average molecular weight is 328 g/mol. The summed E-state index contributed by atoms with van der Waals surface area (Å²) in [7, 11) is 0. The Bertz CT molecular complexity index is 889. The van der Waals surface area contributed by atoms with E-state index in [0.717, 1.165) is 12.6 Å². The minimum Gasteiger partial charge on any atom is -0.291 e. The van der Waals surface area contributed by atoms with E-state index in [9.17, 15) is 18.4 Å². The largest absolute Gasteiger partial charge is 0.291 e. The first kappa shape index (κ1) is 14.9. The smallest absolute Gasteiger partial charge is 0.270 e. The van der Waals surface area contributed by atoms with Crippen molar-refractivity contribution in [2.75, 3.05) is 0 Å². The van der Waals surface area contributed by atoms with Gasteiger partial charge in [-0.05, 0) is 42.2 Å². The summed E-state index contributed by atoms with van der Waals surface area (Å²) in [4.78, 5) is 29.2. The summed E-state index contributed by atoms with van der Waals surface area (Å²) in [5, 5.41) is 2.37. The van der Waals surface area contributed by atoms with Gasteiger partial charge < -0.3 is 0 Å². The third kappa shape index (κ3) is 1.85. The van der Waals surface area contributed by atoms with Gasteiger partial charge in [0.05, 0.1) is 0 Å². The maximum absolute atomic E-state index is 13.8. The van der Waals surface area contributed by atoms with Gasteiger partial charge in [0.15, 0.2) is 0 Å². The second kappa shape index (κ2) is 4.69. The number of pyridine rings is 1. The second-order valence-corrected chi connectivity index (χ2v) is 6.33. The zero-order valence-corrected chi connectivity index (χ0v) is 12.9. The van der Waals surface area contributed by atoms with Gasteiger partial charge in [0.2, 0.25) is 5.91 Å². The molecule has 1 unspecified atom stereocenters. The van der Waals surface area contributed by atoms with Crippen LogP contribution in [0.5, 0.6) is 0 Å². The summed E-state index contributed by atoms with van der Waals surface area (Å²) in [6.45, 7) is 0.802. The van der Waals surface area contributed by atoms with Crippen LogP contribution in [0.3, 0.4) is 0 Å². The van der Waals surface area contributed by atoms with E-state index in [4.69, 9.17) is 0 Å². The fraction of sp³-hybridized carbons (Fsp3) is 0.278. The Morgan fingerprint density at radius 1 is 1.21 bits per heavy atom. The standard InChI is InChI=1S/C18H14F2N2O2/c1-17(19,20)10-4-5-11-13(9-10)18(16(24)22-15(11)23)7-6-14-12(18)3-2-8-21-14/h2-5,8-9H,6-7H2,1H3,(H,22,23,24). The highest BCUT2D eigenvalue weighted by molar-refractivity contribution is 6.15. The Labute approximate surface area is 136 Å². The first-order valence-electron chi connectivity index (χ1n) is 7.67. The molecule has 0 fully saturated rings. The number of nitrogens with one attached hydrogen (secondary N) is 1. The van der Waals surface area contributed by atoms with Gasteiger partial charge in [-0.15, -0.1) is 0 Å². The number of halogens is 2. The van der Waals surface area contributed by atoms with Gasteiger partial charge in [0.25, 0.3) is 11.8 Å². The third-order valence-corrected chi connectivity index (χ3v) is 4.93. The predicted octanol–water partition coefficient (Wildman–Crippen LogP) is 2.70. The highest BCUT2D eigenvalue weighted by atomic mass is 19.3. The number of carbonyl (C=O) groups excluding carboxylic acids is 2. The summed E-state index contributed by atoms with van der Waals surface area (Å²) in [5.41, 5.74) is 0.727. The van der Waals surface area contributed by atoms with Crippen LogP contribution in [-0.4, -0.2) is 16.8 Å². The monoisotopic (exact) mass is 328 g/mol. The van der Waals surface area contributed by atoms with Crippen LogP contribution < -0.4 is 5.32 Å². The number of aryl methyl sites for hydroxylation is 1. The number of benzene rings is 1. The van der Waals surface area contributed by atoms with Crippen LogP contribution >= 0.6 is 0 Å². The lowest BCUT2D eigenvalue weighted by atomic mass is 9.70. The molecule has 0 radical (unpaired) electrons. The molecule has 1 aromatic heterocycles. The van der Waals surface area contributed by atoms with Crippen molar-refractivity contribution in [2.45, 2.75) is 31.1 Å². The van der Waals surface area contributed by atoms with Crippen LogP contribution in [0.4, 0.5) is 8.78 Å². The summed E-state index contributed by atoms with van der Waals surface area (Å²) < 4.78 is 27.6. The maximum Gasteiger partial charge on any atom is 0.270 e. The van der Waals surface area contributed by atoms with E-state index < -0.39 is 23.2 Å². The molecule has 0 saturated carbocycles. The molecule has 2 heterocycles.